The summed E-state index contributed by atoms with van der Waals surface area (Å²) in [5, 5.41) is 9.72. The Kier molecular flexibility index (Phi) is 5.09. The third-order valence-electron chi connectivity index (χ3n) is 4.96. The highest BCUT2D eigenvalue weighted by Gasteiger charge is 2.21. The van der Waals surface area contributed by atoms with Crippen molar-refractivity contribution < 1.29 is 14.6 Å². The Hall–Kier alpha value is -2.80. The van der Waals surface area contributed by atoms with Crippen LogP contribution in [0, 0.1) is 0 Å². The lowest BCUT2D eigenvalue weighted by molar-refractivity contribution is -0.136. The molecule has 3 heterocycles. The van der Waals surface area contributed by atoms with E-state index in [1.165, 1.54) is 6.42 Å². The number of anilines is 1. The molecule has 3 aromatic rings. The molecule has 0 amide bonds. The zero-order chi connectivity index (χ0) is 19.7. The summed E-state index contributed by atoms with van der Waals surface area (Å²) in [5.74, 6) is 0.532. The first-order valence-electron chi connectivity index (χ1n) is 9.24. The molecular weight excluding hydrogens is 380 g/mol. The summed E-state index contributed by atoms with van der Waals surface area (Å²) in [4.78, 5) is 22.7. The molecule has 0 radical (unpaired) electrons. The lowest BCUT2D eigenvalue weighted by Gasteiger charge is -2.28. The van der Waals surface area contributed by atoms with Gasteiger partial charge in [-0.2, -0.15) is 0 Å². The van der Waals surface area contributed by atoms with Gasteiger partial charge in [-0.15, -0.1) is 0 Å². The fourth-order valence-corrected chi connectivity index (χ4v) is 3.88. The number of aromatic nitrogens is 3. The van der Waals surface area contributed by atoms with Gasteiger partial charge in [-0.05, 0) is 37.5 Å². The topological polar surface area (TPSA) is 80.0 Å². The molecule has 2 aromatic heterocycles. The number of ether oxygens (including phenoxy) is 1. The van der Waals surface area contributed by atoms with Gasteiger partial charge in [0.15, 0.2) is 11.5 Å². The summed E-state index contributed by atoms with van der Waals surface area (Å²) >= 11 is 6.48. The number of rotatable bonds is 5. The van der Waals surface area contributed by atoms with Gasteiger partial charge in [-0.1, -0.05) is 11.6 Å². The summed E-state index contributed by atoms with van der Waals surface area (Å²) in [6.07, 6.45) is 6.83. The van der Waals surface area contributed by atoms with Crippen molar-refractivity contribution in [3.63, 3.8) is 0 Å². The number of carbonyl (C=O) groups is 1. The summed E-state index contributed by atoms with van der Waals surface area (Å²) in [6, 6.07) is 5.45. The third-order valence-corrected chi connectivity index (χ3v) is 5.28. The highest BCUT2D eigenvalue weighted by Crippen LogP contribution is 2.33. The number of aliphatic carboxylic acids is 1. The van der Waals surface area contributed by atoms with Crippen molar-refractivity contribution in [2.45, 2.75) is 25.7 Å². The van der Waals surface area contributed by atoms with Crippen LogP contribution < -0.4 is 9.64 Å². The molecule has 0 aliphatic carbocycles. The van der Waals surface area contributed by atoms with Crippen molar-refractivity contribution in [2.75, 3.05) is 25.1 Å². The van der Waals surface area contributed by atoms with Gasteiger partial charge >= 0.3 is 5.97 Å². The van der Waals surface area contributed by atoms with Gasteiger partial charge in [0.2, 0.25) is 0 Å². The lowest BCUT2D eigenvalue weighted by atomic mass is 10.1. The van der Waals surface area contributed by atoms with E-state index in [2.05, 4.69) is 14.9 Å². The van der Waals surface area contributed by atoms with Gasteiger partial charge in [-0.3, -0.25) is 9.20 Å². The molecule has 1 aliphatic rings. The van der Waals surface area contributed by atoms with Gasteiger partial charge in [0, 0.05) is 24.8 Å². The number of methoxy groups -OCH3 is 1. The van der Waals surface area contributed by atoms with Gasteiger partial charge in [0.25, 0.3) is 0 Å². The molecule has 0 spiro atoms. The van der Waals surface area contributed by atoms with Crippen molar-refractivity contribution >= 4 is 29.0 Å². The highest BCUT2D eigenvalue weighted by molar-refractivity contribution is 6.33. The molecule has 0 saturated carbocycles. The Morgan fingerprint density at radius 3 is 2.75 bits per heavy atom. The van der Waals surface area contributed by atoms with Crippen LogP contribution in [0.1, 0.15) is 25.0 Å². The van der Waals surface area contributed by atoms with Crippen LogP contribution in [0.2, 0.25) is 5.02 Å². The molecule has 0 atom stereocenters. The van der Waals surface area contributed by atoms with Crippen LogP contribution in [0.5, 0.6) is 5.75 Å². The first-order chi connectivity index (χ1) is 13.6. The SMILES string of the molecule is COc1ccc(-c2cnc(N3CCCCC3)c3nc(CC(=O)O)cn23)c(Cl)c1. The van der Waals surface area contributed by atoms with Gasteiger partial charge in [0.1, 0.15) is 5.75 Å². The molecule has 4 rings (SSSR count). The van der Waals surface area contributed by atoms with Crippen LogP contribution in [0.3, 0.4) is 0 Å². The van der Waals surface area contributed by atoms with E-state index in [1.54, 1.807) is 25.6 Å². The largest absolute Gasteiger partial charge is 0.497 e. The molecule has 146 valence electrons. The molecule has 0 bridgehead atoms. The predicted octanol–water partition coefficient (Wildman–Crippen LogP) is 3.68. The van der Waals surface area contributed by atoms with Crippen LogP contribution in [-0.2, 0) is 11.2 Å². The average Bonchev–Trinajstić information content (AvgIpc) is 3.10. The number of carboxylic acid groups (broad SMARTS) is 1. The van der Waals surface area contributed by atoms with E-state index in [0.717, 1.165) is 43.0 Å². The van der Waals surface area contributed by atoms with Crippen molar-refractivity contribution in [3.05, 3.63) is 41.3 Å². The number of hydrogen-bond acceptors (Lipinski definition) is 5. The average molecular weight is 401 g/mol. The monoisotopic (exact) mass is 400 g/mol. The number of halogens is 1. The first kappa shape index (κ1) is 18.6. The predicted molar refractivity (Wildman–Crippen MR) is 107 cm³/mol. The normalized spacial score (nSPS) is 14.4. The minimum Gasteiger partial charge on any atom is -0.497 e. The number of hydrogen-bond donors (Lipinski definition) is 1. The van der Waals surface area contributed by atoms with Gasteiger partial charge in [0.05, 0.1) is 36.1 Å². The van der Waals surface area contributed by atoms with Crippen LogP contribution in [0.4, 0.5) is 5.82 Å². The van der Waals surface area contributed by atoms with E-state index in [1.807, 2.05) is 16.5 Å². The van der Waals surface area contributed by atoms with E-state index in [9.17, 15) is 9.90 Å². The fourth-order valence-electron chi connectivity index (χ4n) is 3.61. The highest BCUT2D eigenvalue weighted by atomic mass is 35.5. The van der Waals surface area contributed by atoms with Gasteiger partial charge in [-0.25, -0.2) is 9.97 Å². The van der Waals surface area contributed by atoms with E-state index in [4.69, 9.17) is 16.3 Å². The Morgan fingerprint density at radius 2 is 2.07 bits per heavy atom. The van der Waals surface area contributed by atoms with Gasteiger partial charge < -0.3 is 14.7 Å². The lowest BCUT2D eigenvalue weighted by Crippen LogP contribution is -2.30. The summed E-state index contributed by atoms with van der Waals surface area (Å²) in [6.45, 7) is 1.85. The molecule has 1 aromatic carbocycles. The molecule has 0 unspecified atom stereocenters. The summed E-state index contributed by atoms with van der Waals surface area (Å²) in [5.41, 5.74) is 2.68. The summed E-state index contributed by atoms with van der Waals surface area (Å²) in [7, 11) is 1.59. The van der Waals surface area contributed by atoms with Crippen LogP contribution in [0.25, 0.3) is 16.9 Å². The molecule has 1 saturated heterocycles. The second kappa shape index (κ2) is 7.67. The van der Waals surface area contributed by atoms with Crippen LogP contribution in [0.15, 0.2) is 30.6 Å². The molecule has 1 aliphatic heterocycles. The Bertz CT molecular complexity index is 1030. The number of carboxylic acids is 1. The zero-order valence-electron chi connectivity index (χ0n) is 15.6. The van der Waals surface area contributed by atoms with Crippen molar-refractivity contribution in [1.82, 2.24) is 14.4 Å². The number of imidazole rings is 1. The van der Waals surface area contributed by atoms with Crippen molar-refractivity contribution in [2.24, 2.45) is 0 Å². The third kappa shape index (κ3) is 3.49. The Balaban J connectivity index is 1.87. The van der Waals surface area contributed by atoms with E-state index in [-0.39, 0.29) is 6.42 Å². The minimum absolute atomic E-state index is 0.142. The fraction of sp³-hybridized carbons (Fsp3) is 0.350. The maximum Gasteiger partial charge on any atom is 0.309 e. The smallest absolute Gasteiger partial charge is 0.309 e. The molecule has 8 heteroatoms. The van der Waals surface area contributed by atoms with Crippen LogP contribution >= 0.6 is 11.6 Å². The standard InChI is InChI=1S/C20H21ClN4O3/c1-28-14-5-6-15(16(21)10-14)17-11-22-19(24-7-3-2-4-8-24)20-23-13(9-18(26)27)12-25(17)20/h5-6,10-12H,2-4,7-9H2,1H3,(H,26,27). The number of fused-ring (bicyclic) bond motifs is 1. The second-order valence-corrected chi connectivity index (χ2v) is 7.26. The number of piperidine rings is 1. The first-order valence-corrected chi connectivity index (χ1v) is 9.62. The second-order valence-electron chi connectivity index (χ2n) is 6.86. The molecular formula is C20H21ClN4O3. The Morgan fingerprint density at radius 1 is 1.29 bits per heavy atom. The maximum atomic E-state index is 11.2. The quantitative estimate of drug-likeness (QED) is 0.703. The van der Waals surface area contributed by atoms with Crippen LogP contribution in [-0.4, -0.2) is 45.6 Å². The molecule has 1 N–H and O–H groups in total. The molecule has 7 nitrogen and oxygen atoms in total. The maximum absolute atomic E-state index is 11.2. The zero-order valence-corrected chi connectivity index (χ0v) is 16.3. The molecule has 1 fully saturated rings. The Labute approximate surface area is 167 Å². The van der Waals surface area contributed by atoms with E-state index >= 15 is 0 Å². The van der Waals surface area contributed by atoms with E-state index in [0.29, 0.717) is 22.1 Å². The van der Waals surface area contributed by atoms with Crippen molar-refractivity contribution in [3.8, 4) is 17.0 Å². The summed E-state index contributed by atoms with van der Waals surface area (Å²) < 4.78 is 7.12. The molecule has 28 heavy (non-hydrogen) atoms. The minimum atomic E-state index is -0.917. The van der Waals surface area contributed by atoms with E-state index < -0.39 is 5.97 Å². The van der Waals surface area contributed by atoms with Crippen molar-refractivity contribution in [1.29, 1.82) is 0 Å². The number of benzene rings is 1. The number of nitrogens with zero attached hydrogens (tertiary/aromatic N) is 4.